The zero-order valence-corrected chi connectivity index (χ0v) is 13.8. The first-order valence-corrected chi connectivity index (χ1v) is 8.32. The van der Waals surface area contributed by atoms with E-state index >= 15 is 0 Å². The Balaban J connectivity index is 1.58. The fourth-order valence-electron chi connectivity index (χ4n) is 3.35. The monoisotopic (exact) mass is 320 g/mol. The van der Waals surface area contributed by atoms with Crippen LogP contribution in [0.3, 0.4) is 0 Å². The minimum atomic E-state index is -0.449. The summed E-state index contributed by atoms with van der Waals surface area (Å²) in [7, 11) is 2.13. The summed E-state index contributed by atoms with van der Waals surface area (Å²) in [6, 6.07) is 16.0. The SMILES string of the molecule is CN1CCC2(CC1)OCc1cc(-c3ccc(C#N)cc3)ccc1O2. The maximum atomic E-state index is 8.91. The van der Waals surface area contributed by atoms with Gasteiger partial charge in [-0.05, 0) is 42.4 Å². The normalized spacial score (nSPS) is 19.3. The summed E-state index contributed by atoms with van der Waals surface area (Å²) >= 11 is 0. The van der Waals surface area contributed by atoms with Gasteiger partial charge in [-0.1, -0.05) is 18.2 Å². The molecule has 1 spiro atoms. The molecule has 122 valence electrons. The largest absolute Gasteiger partial charge is 0.462 e. The summed E-state index contributed by atoms with van der Waals surface area (Å²) in [5.41, 5.74) is 3.97. The Morgan fingerprint density at radius 3 is 2.46 bits per heavy atom. The predicted molar refractivity (Wildman–Crippen MR) is 91.5 cm³/mol. The minimum Gasteiger partial charge on any atom is -0.462 e. The van der Waals surface area contributed by atoms with E-state index in [0.717, 1.165) is 48.4 Å². The fraction of sp³-hybridized carbons (Fsp3) is 0.350. The summed E-state index contributed by atoms with van der Waals surface area (Å²) in [5.74, 6) is 0.485. The van der Waals surface area contributed by atoms with Crippen molar-refractivity contribution in [3.05, 3.63) is 53.6 Å². The summed E-state index contributed by atoms with van der Waals surface area (Å²) in [6.07, 6.45) is 1.81. The summed E-state index contributed by atoms with van der Waals surface area (Å²) < 4.78 is 12.4. The molecule has 2 aliphatic rings. The third-order valence-electron chi connectivity index (χ3n) is 4.94. The van der Waals surface area contributed by atoms with Crippen LogP contribution in [0.4, 0.5) is 0 Å². The Labute approximate surface area is 142 Å². The van der Waals surface area contributed by atoms with Crippen molar-refractivity contribution in [2.24, 2.45) is 0 Å². The first kappa shape index (κ1) is 15.2. The second-order valence-electron chi connectivity index (χ2n) is 6.62. The Hall–Kier alpha value is -2.35. The van der Waals surface area contributed by atoms with E-state index in [2.05, 4.69) is 30.1 Å². The number of nitrogens with zero attached hydrogens (tertiary/aromatic N) is 2. The summed E-state index contributed by atoms with van der Waals surface area (Å²) in [6.45, 7) is 2.58. The third-order valence-corrected chi connectivity index (χ3v) is 4.94. The van der Waals surface area contributed by atoms with Crippen molar-refractivity contribution in [2.45, 2.75) is 25.2 Å². The lowest BCUT2D eigenvalue weighted by atomic mass is 9.99. The van der Waals surface area contributed by atoms with Crippen LogP contribution >= 0.6 is 0 Å². The van der Waals surface area contributed by atoms with Crippen molar-refractivity contribution in [1.29, 1.82) is 5.26 Å². The average molecular weight is 320 g/mol. The molecule has 4 nitrogen and oxygen atoms in total. The minimum absolute atomic E-state index is 0.449. The van der Waals surface area contributed by atoms with Gasteiger partial charge in [-0.3, -0.25) is 0 Å². The number of rotatable bonds is 1. The van der Waals surface area contributed by atoms with Gasteiger partial charge in [0.05, 0.1) is 18.2 Å². The number of likely N-dealkylation sites (tertiary alicyclic amines) is 1. The van der Waals surface area contributed by atoms with E-state index in [1.165, 1.54) is 0 Å². The van der Waals surface area contributed by atoms with Gasteiger partial charge in [-0.2, -0.15) is 5.26 Å². The average Bonchev–Trinajstić information content (AvgIpc) is 2.64. The van der Waals surface area contributed by atoms with E-state index in [1.807, 2.05) is 30.3 Å². The third kappa shape index (κ3) is 2.77. The molecule has 2 heterocycles. The molecule has 0 aliphatic carbocycles. The van der Waals surface area contributed by atoms with Gasteiger partial charge in [0.15, 0.2) is 0 Å². The number of ether oxygens (including phenoxy) is 2. The molecule has 0 atom stereocenters. The molecule has 0 unspecified atom stereocenters. The molecule has 0 amide bonds. The molecule has 1 saturated heterocycles. The van der Waals surface area contributed by atoms with E-state index in [-0.39, 0.29) is 0 Å². The van der Waals surface area contributed by atoms with Crippen LogP contribution in [0.25, 0.3) is 11.1 Å². The van der Waals surface area contributed by atoms with Gasteiger partial charge in [0.1, 0.15) is 5.75 Å². The molecule has 2 aromatic carbocycles. The van der Waals surface area contributed by atoms with Crippen molar-refractivity contribution >= 4 is 0 Å². The van der Waals surface area contributed by atoms with E-state index < -0.39 is 5.79 Å². The van der Waals surface area contributed by atoms with Gasteiger partial charge in [0.2, 0.25) is 5.79 Å². The van der Waals surface area contributed by atoms with Crippen LogP contribution in [0, 0.1) is 11.3 Å². The predicted octanol–water partition coefficient (Wildman–Crippen LogP) is 3.56. The Bertz CT molecular complexity index is 784. The molecule has 2 aromatic rings. The second kappa shape index (κ2) is 5.94. The lowest BCUT2D eigenvalue weighted by molar-refractivity contribution is -0.226. The molecule has 4 rings (SSSR count). The molecule has 2 aliphatic heterocycles. The highest BCUT2D eigenvalue weighted by Crippen LogP contribution is 2.38. The second-order valence-corrected chi connectivity index (χ2v) is 6.62. The van der Waals surface area contributed by atoms with Crippen LogP contribution < -0.4 is 4.74 Å². The first-order chi connectivity index (χ1) is 11.7. The van der Waals surface area contributed by atoms with Crippen LogP contribution in [0.2, 0.25) is 0 Å². The highest BCUT2D eigenvalue weighted by atomic mass is 16.7. The van der Waals surface area contributed by atoms with Crippen LogP contribution in [-0.4, -0.2) is 30.8 Å². The Morgan fingerprint density at radius 1 is 1.04 bits per heavy atom. The van der Waals surface area contributed by atoms with Gasteiger partial charge in [0, 0.05) is 31.5 Å². The maximum absolute atomic E-state index is 8.91. The Kier molecular flexibility index (Phi) is 3.76. The molecular formula is C20H20N2O2. The first-order valence-electron chi connectivity index (χ1n) is 8.32. The number of hydrogen-bond acceptors (Lipinski definition) is 4. The number of piperidine rings is 1. The van der Waals surface area contributed by atoms with Crippen molar-refractivity contribution in [2.75, 3.05) is 20.1 Å². The van der Waals surface area contributed by atoms with Crippen molar-refractivity contribution in [3.8, 4) is 22.9 Å². The van der Waals surface area contributed by atoms with Crippen molar-refractivity contribution in [3.63, 3.8) is 0 Å². The van der Waals surface area contributed by atoms with Gasteiger partial charge in [0.25, 0.3) is 0 Å². The van der Waals surface area contributed by atoms with Gasteiger partial charge >= 0.3 is 0 Å². The van der Waals surface area contributed by atoms with Crippen LogP contribution in [0.1, 0.15) is 24.0 Å². The molecule has 0 aromatic heterocycles. The lowest BCUT2D eigenvalue weighted by Gasteiger charge is -2.43. The van der Waals surface area contributed by atoms with E-state index in [0.29, 0.717) is 12.2 Å². The molecule has 0 bridgehead atoms. The van der Waals surface area contributed by atoms with Crippen molar-refractivity contribution in [1.82, 2.24) is 4.90 Å². The van der Waals surface area contributed by atoms with E-state index in [1.54, 1.807) is 0 Å². The standard InChI is InChI=1S/C20H20N2O2/c1-22-10-8-20(9-11-22)23-14-18-12-17(6-7-19(18)24-20)16-4-2-15(13-21)3-5-16/h2-7,12H,8-11,14H2,1H3. The fourth-order valence-corrected chi connectivity index (χ4v) is 3.35. The number of fused-ring (bicyclic) bond motifs is 1. The zero-order chi connectivity index (χ0) is 16.6. The van der Waals surface area contributed by atoms with Gasteiger partial charge < -0.3 is 14.4 Å². The Morgan fingerprint density at radius 2 is 1.75 bits per heavy atom. The topological polar surface area (TPSA) is 45.5 Å². The van der Waals surface area contributed by atoms with Crippen LogP contribution in [0.5, 0.6) is 5.75 Å². The summed E-state index contributed by atoms with van der Waals surface area (Å²) in [4.78, 5) is 2.31. The molecule has 0 radical (unpaired) electrons. The smallest absolute Gasteiger partial charge is 0.213 e. The number of benzene rings is 2. The molecule has 0 saturated carbocycles. The van der Waals surface area contributed by atoms with Crippen molar-refractivity contribution < 1.29 is 9.47 Å². The van der Waals surface area contributed by atoms with Gasteiger partial charge in [-0.25, -0.2) is 0 Å². The molecule has 0 N–H and O–H groups in total. The molecule has 4 heteroatoms. The van der Waals surface area contributed by atoms with E-state index in [9.17, 15) is 0 Å². The highest BCUT2D eigenvalue weighted by molar-refractivity contribution is 5.66. The highest BCUT2D eigenvalue weighted by Gasteiger charge is 2.40. The summed E-state index contributed by atoms with van der Waals surface area (Å²) in [5, 5.41) is 8.91. The van der Waals surface area contributed by atoms with Gasteiger partial charge in [-0.15, -0.1) is 0 Å². The number of nitriles is 1. The molecule has 1 fully saturated rings. The zero-order valence-electron chi connectivity index (χ0n) is 13.8. The molecular weight excluding hydrogens is 300 g/mol. The lowest BCUT2D eigenvalue weighted by Crippen LogP contribution is -2.50. The van der Waals surface area contributed by atoms with E-state index in [4.69, 9.17) is 14.7 Å². The molecule has 24 heavy (non-hydrogen) atoms. The quantitative estimate of drug-likeness (QED) is 0.806. The maximum Gasteiger partial charge on any atom is 0.213 e. The van der Waals surface area contributed by atoms with Crippen LogP contribution in [0.15, 0.2) is 42.5 Å². The number of hydrogen-bond donors (Lipinski definition) is 0. The van der Waals surface area contributed by atoms with Crippen LogP contribution in [-0.2, 0) is 11.3 Å².